The maximum absolute atomic E-state index is 13.3. The summed E-state index contributed by atoms with van der Waals surface area (Å²) in [4.78, 5) is 17.9. The first kappa shape index (κ1) is 15.7. The minimum absolute atomic E-state index is 0.279. The van der Waals surface area contributed by atoms with Crippen LogP contribution < -0.4 is 0 Å². The summed E-state index contributed by atoms with van der Waals surface area (Å²) in [6.07, 6.45) is 7.15. The third-order valence-corrected chi connectivity index (χ3v) is 4.45. The fourth-order valence-corrected chi connectivity index (χ4v) is 3.07. The molecular formula is C18H14FN5S. The lowest BCUT2D eigenvalue weighted by molar-refractivity contribution is 0.628. The van der Waals surface area contributed by atoms with Gasteiger partial charge < -0.3 is 0 Å². The van der Waals surface area contributed by atoms with Gasteiger partial charge in [0.2, 0.25) is 0 Å². The molecule has 3 heterocycles. The van der Waals surface area contributed by atoms with Crippen LogP contribution in [-0.2, 0) is 0 Å². The van der Waals surface area contributed by atoms with Gasteiger partial charge in [-0.05, 0) is 43.5 Å². The smallest absolute Gasteiger partial charge is 0.187 e. The molecule has 0 N–H and O–H groups in total. The van der Waals surface area contributed by atoms with Crippen molar-refractivity contribution in [3.05, 3.63) is 60.4 Å². The van der Waals surface area contributed by atoms with Crippen LogP contribution in [0.1, 0.15) is 5.56 Å². The number of thioether (sulfide) groups is 1. The van der Waals surface area contributed by atoms with Crippen LogP contribution >= 0.6 is 11.8 Å². The number of nitrogens with zero attached hydrogens (tertiary/aromatic N) is 5. The lowest BCUT2D eigenvalue weighted by Gasteiger charge is -2.06. The Morgan fingerprint density at radius 1 is 1.08 bits per heavy atom. The first-order valence-electron chi connectivity index (χ1n) is 7.63. The Bertz CT molecular complexity index is 1060. The van der Waals surface area contributed by atoms with Crippen molar-refractivity contribution < 1.29 is 4.39 Å². The summed E-state index contributed by atoms with van der Waals surface area (Å²) in [7, 11) is 0. The van der Waals surface area contributed by atoms with E-state index in [0.717, 1.165) is 33.9 Å². The number of halogens is 1. The highest BCUT2D eigenvalue weighted by molar-refractivity contribution is 7.98. The average Bonchev–Trinajstić information content (AvgIpc) is 3.03. The average molecular weight is 351 g/mol. The predicted molar refractivity (Wildman–Crippen MR) is 95.9 cm³/mol. The molecule has 25 heavy (non-hydrogen) atoms. The van der Waals surface area contributed by atoms with E-state index >= 15 is 0 Å². The quantitative estimate of drug-likeness (QED) is 0.412. The number of fused-ring (bicyclic) bond motifs is 1. The molecule has 0 fully saturated rings. The molecule has 0 radical (unpaired) electrons. The van der Waals surface area contributed by atoms with Crippen molar-refractivity contribution in [2.24, 2.45) is 0 Å². The summed E-state index contributed by atoms with van der Waals surface area (Å²) in [5.74, 6) is -0.279. The molecule has 0 aliphatic rings. The molecule has 7 heteroatoms. The Labute approximate surface area is 148 Å². The van der Waals surface area contributed by atoms with Gasteiger partial charge in [0.05, 0.1) is 11.4 Å². The summed E-state index contributed by atoms with van der Waals surface area (Å²) in [6, 6.07) is 8.15. The second kappa shape index (κ2) is 6.25. The molecule has 0 saturated heterocycles. The summed E-state index contributed by atoms with van der Waals surface area (Å²) >= 11 is 1.48. The van der Waals surface area contributed by atoms with Gasteiger partial charge >= 0.3 is 0 Å². The van der Waals surface area contributed by atoms with E-state index in [1.165, 1.54) is 23.9 Å². The number of hydrogen-bond donors (Lipinski definition) is 0. The molecule has 0 atom stereocenters. The van der Waals surface area contributed by atoms with Crippen molar-refractivity contribution in [3.63, 3.8) is 0 Å². The molecule has 4 aromatic rings. The van der Waals surface area contributed by atoms with Crippen molar-refractivity contribution >= 4 is 17.4 Å². The van der Waals surface area contributed by atoms with E-state index in [2.05, 4.69) is 15.0 Å². The molecule has 0 bridgehead atoms. The minimum Gasteiger partial charge on any atom is -0.280 e. The molecule has 124 valence electrons. The van der Waals surface area contributed by atoms with Crippen LogP contribution in [0.5, 0.6) is 0 Å². The number of imidazole rings is 1. The molecule has 5 nitrogen and oxygen atoms in total. The monoisotopic (exact) mass is 351 g/mol. The Balaban J connectivity index is 2.04. The van der Waals surface area contributed by atoms with Crippen LogP contribution in [0.3, 0.4) is 0 Å². The fraction of sp³-hybridized carbons (Fsp3) is 0.111. The largest absolute Gasteiger partial charge is 0.280 e. The molecule has 0 spiro atoms. The van der Waals surface area contributed by atoms with Gasteiger partial charge in [-0.1, -0.05) is 11.8 Å². The Morgan fingerprint density at radius 3 is 2.64 bits per heavy atom. The standard InChI is InChI=1S/C18H14FN5S/c1-11-9-20-10-24-16(14-7-8-21-18(22-14)25-2)15(23-17(11)24)12-3-5-13(19)6-4-12/h3-10H,1-2H3. The third-order valence-electron chi connectivity index (χ3n) is 3.89. The number of benzene rings is 1. The van der Waals surface area contributed by atoms with Crippen molar-refractivity contribution in [1.29, 1.82) is 0 Å². The van der Waals surface area contributed by atoms with Crippen LogP contribution in [0.4, 0.5) is 4.39 Å². The van der Waals surface area contributed by atoms with Crippen LogP contribution in [0.2, 0.25) is 0 Å². The van der Waals surface area contributed by atoms with Crippen molar-refractivity contribution in [3.8, 4) is 22.6 Å². The van der Waals surface area contributed by atoms with Gasteiger partial charge in [-0.2, -0.15) is 0 Å². The van der Waals surface area contributed by atoms with E-state index in [4.69, 9.17) is 4.98 Å². The van der Waals surface area contributed by atoms with E-state index in [-0.39, 0.29) is 5.82 Å². The summed E-state index contributed by atoms with van der Waals surface area (Å²) in [5, 5.41) is 0.679. The summed E-state index contributed by atoms with van der Waals surface area (Å²) in [6.45, 7) is 1.96. The topological polar surface area (TPSA) is 56.0 Å². The number of hydrogen-bond acceptors (Lipinski definition) is 5. The van der Waals surface area contributed by atoms with E-state index in [1.54, 1.807) is 30.9 Å². The Morgan fingerprint density at radius 2 is 1.88 bits per heavy atom. The van der Waals surface area contributed by atoms with Gasteiger partial charge in [0.25, 0.3) is 0 Å². The molecule has 0 aliphatic carbocycles. The van der Waals surface area contributed by atoms with Gasteiger partial charge in [-0.15, -0.1) is 0 Å². The maximum atomic E-state index is 13.3. The first-order valence-corrected chi connectivity index (χ1v) is 8.86. The highest BCUT2D eigenvalue weighted by Crippen LogP contribution is 2.32. The van der Waals surface area contributed by atoms with Crippen LogP contribution in [0.25, 0.3) is 28.3 Å². The van der Waals surface area contributed by atoms with E-state index in [0.29, 0.717) is 5.16 Å². The van der Waals surface area contributed by atoms with E-state index in [1.807, 2.05) is 23.6 Å². The maximum Gasteiger partial charge on any atom is 0.187 e. The minimum atomic E-state index is -0.279. The van der Waals surface area contributed by atoms with Gasteiger partial charge in [0, 0.05) is 23.5 Å². The molecule has 0 amide bonds. The van der Waals surface area contributed by atoms with Crippen molar-refractivity contribution in [1.82, 2.24) is 24.3 Å². The lowest BCUT2D eigenvalue weighted by Crippen LogP contribution is -1.96. The van der Waals surface area contributed by atoms with Crippen molar-refractivity contribution in [2.75, 3.05) is 6.26 Å². The van der Waals surface area contributed by atoms with Crippen molar-refractivity contribution in [2.45, 2.75) is 12.1 Å². The first-order chi connectivity index (χ1) is 12.2. The van der Waals surface area contributed by atoms with Gasteiger partial charge in [-0.3, -0.25) is 4.40 Å². The van der Waals surface area contributed by atoms with Gasteiger partial charge in [0.1, 0.15) is 23.5 Å². The normalized spacial score (nSPS) is 11.2. The molecule has 0 saturated carbocycles. The number of aryl methyl sites for hydroxylation is 1. The third kappa shape index (κ3) is 2.76. The van der Waals surface area contributed by atoms with Crippen LogP contribution in [0, 0.1) is 12.7 Å². The van der Waals surface area contributed by atoms with Crippen LogP contribution in [-0.4, -0.2) is 30.6 Å². The van der Waals surface area contributed by atoms with Gasteiger partial charge in [0.15, 0.2) is 5.16 Å². The van der Waals surface area contributed by atoms with E-state index < -0.39 is 0 Å². The molecule has 0 aliphatic heterocycles. The van der Waals surface area contributed by atoms with Crippen LogP contribution in [0.15, 0.2) is 54.2 Å². The summed E-state index contributed by atoms with van der Waals surface area (Å²) in [5.41, 5.74) is 4.88. The SMILES string of the molecule is CSc1nccc(-c2c(-c3ccc(F)cc3)nc3c(C)cncn23)n1. The molecule has 1 aromatic carbocycles. The zero-order chi connectivity index (χ0) is 17.4. The molecular weight excluding hydrogens is 337 g/mol. The zero-order valence-electron chi connectivity index (χ0n) is 13.6. The summed E-state index contributed by atoms with van der Waals surface area (Å²) < 4.78 is 15.3. The van der Waals surface area contributed by atoms with Gasteiger partial charge in [-0.25, -0.2) is 24.3 Å². The Hall–Kier alpha value is -2.80. The molecule has 3 aromatic heterocycles. The number of aromatic nitrogens is 5. The predicted octanol–water partition coefficient (Wildman–Crippen LogP) is 4.02. The fourth-order valence-electron chi connectivity index (χ4n) is 2.72. The number of rotatable bonds is 3. The molecule has 4 rings (SSSR count). The highest BCUT2D eigenvalue weighted by atomic mass is 32.2. The zero-order valence-corrected chi connectivity index (χ0v) is 14.5. The molecule has 0 unspecified atom stereocenters. The second-order valence-electron chi connectivity index (χ2n) is 5.51. The lowest BCUT2D eigenvalue weighted by atomic mass is 10.1. The van der Waals surface area contributed by atoms with E-state index in [9.17, 15) is 4.39 Å². The Kier molecular flexibility index (Phi) is 3.93. The second-order valence-corrected chi connectivity index (χ2v) is 6.29. The highest BCUT2D eigenvalue weighted by Gasteiger charge is 2.18.